The van der Waals surface area contributed by atoms with E-state index in [-0.39, 0.29) is 5.60 Å². The first-order valence-corrected chi connectivity index (χ1v) is 9.88. The number of hydrogen-bond donors (Lipinski definition) is 0. The van der Waals surface area contributed by atoms with Gasteiger partial charge in [-0.25, -0.2) is 4.98 Å². The summed E-state index contributed by atoms with van der Waals surface area (Å²) in [5.74, 6) is 1.37. The van der Waals surface area contributed by atoms with Crippen LogP contribution >= 0.6 is 0 Å². The lowest BCUT2D eigenvalue weighted by Gasteiger charge is -2.34. The van der Waals surface area contributed by atoms with Crippen LogP contribution in [0.1, 0.15) is 45.1 Å². The van der Waals surface area contributed by atoms with Crippen molar-refractivity contribution >= 4 is 16.6 Å². The van der Waals surface area contributed by atoms with Gasteiger partial charge in [0.2, 0.25) is 5.88 Å². The summed E-state index contributed by atoms with van der Waals surface area (Å²) in [6.07, 6.45) is 2.41. The van der Waals surface area contributed by atoms with Crippen LogP contribution in [0.15, 0.2) is 60.7 Å². The topological polar surface area (TPSA) is 25.4 Å². The summed E-state index contributed by atoms with van der Waals surface area (Å²) in [7, 11) is 0. The maximum Gasteiger partial charge on any atom is 0.214 e. The van der Waals surface area contributed by atoms with Crippen molar-refractivity contribution in [2.24, 2.45) is 0 Å². The van der Waals surface area contributed by atoms with Crippen molar-refractivity contribution in [2.75, 3.05) is 18.0 Å². The zero-order valence-electron chi connectivity index (χ0n) is 16.5. The predicted molar refractivity (Wildman–Crippen MR) is 113 cm³/mol. The van der Waals surface area contributed by atoms with Gasteiger partial charge in [0.05, 0.1) is 5.52 Å². The molecule has 1 fully saturated rings. The van der Waals surface area contributed by atoms with Crippen LogP contribution in [0.5, 0.6) is 5.88 Å². The Morgan fingerprint density at radius 2 is 1.67 bits per heavy atom. The number of piperidine rings is 1. The van der Waals surface area contributed by atoms with E-state index in [4.69, 9.17) is 4.74 Å². The highest BCUT2D eigenvalue weighted by molar-refractivity contribution is 5.83. The summed E-state index contributed by atoms with van der Waals surface area (Å²) < 4.78 is 5.89. The fourth-order valence-electron chi connectivity index (χ4n) is 3.86. The Bertz CT molecular complexity index is 907. The second-order valence-electron chi connectivity index (χ2n) is 8.41. The first-order valence-electron chi connectivity index (χ1n) is 9.88. The molecule has 0 aliphatic carbocycles. The van der Waals surface area contributed by atoms with Crippen molar-refractivity contribution in [3.63, 3.8) is 0 Å². The molecule has 4 rings (SSSR count). The molecular weight excluding hydrogens is 332 g/mol. The van der Waals surface area contributed by atoms with E-state index in [1.165, 1.54) is 29.5 Å². The van der Waals surface area contributed by atoms with E-state index >= 15 is 0 Å². The number of ether oxygens (including phenoxy) is 1. The van der Waals surface area contributed by atoms with Gasteiger partial charge in [0.1, 0.15) is 5.60 Å². The van der Waals surface area contributed by atoms with Crippen LogP contribution in [0.4, 0.5) is 5.69 Å². The normalized spacial score (nSPS) is 15.9. The van der Waals surface area contributed by atoms with Crippen LogP contribution in [0.3, 0.4) is 0 Å². The van der Waals surface area contributed by atoms with E-state index in [2.05, 4.69) is 64.5 Å². The standard InChI is InChI=1S/C24H28N2O/c1-24(2,3)27-23-12-9-20-17-21(10-11-22(20)25-23)26-15-13-19(14-16-26)18-7-5-4-6-8-18/h4-12,17,19H,13-16H2,1-3H3. The minimum atomic E-state index is -0.232. The SMILES string of the molecule is CC(C)(C)Oc1ccc2cc(N3CCC(c4ccccc4)CC3)ccc2n1. The maximum atomic E-state index is 5.89. The van der Waals surface area contributed by atoms with Crippen molar-refractivity contribution < 1.29 is 4.74 Å². The lowest BCUT2D eigenvalue weighted by Crippen LogP contribution is -2.32. The Morgan fingerprint density at radius 3 is 2.37 bits per heavy atom. The number of nitrogens with zero attached hydrogens (tertiary/aromatic N) is 2. The average molecular weight is 361 g/mol. The molecule has 140 valence electrons. The molecule has 2 aromatic carbocycles. The van der Waals surface area contributed by atoms with E-state index in [0.29, 0.717) is 11.8 Å². The molecule has 0 saturated carbocycles. The summed E-state index contributed by atoms with van der Waals surface area (Å²) in [6, 6.07) is 21.6. The van der Waals surface area contributed by atoms with E-state index in [1.54, 1.807) is 0 Å². The third kappa shape index (κ3) is 4.24. The van der Waals surface area contributed by atoms with Gasteiger partial charge < -0.3 is 9.64 Å². The summed E-state index contributed by atoms with van der Waals surface area (Å²) in [5, 5.41) is 1.17. The largest absolute Gasteiger partial charge is 0.472 e. The molecule has 0 amide bonds. The van der Waals surface area contributed by atoms with Gasteiger partial charge in [0, 0.05) is 30.2 Å². The number of rotatable bonds is 3. The van der Waals surface area contributed by atoms with Crippen LogP contribution < -0.4 is 9.64 Å². The highest BCUT2D eigenvalue weighted by Gasteiger charge is 2.21. The molecule has 3 aromatic rings. The summed E-state index contributed by atoms with van der Waals surface area (Å²) in [5.41, 5.74) is 3.52. The summed E-state index contributed by atoms with van der Waals surface area (Å²) in [6.45, 7) is 8.33. The van der Waals surface area contributed by atoms with Gasteiger partial charge in [-0.3, -0.25) is 0 Å². The molecule has 0 bridgehead atoms. The lowest BCUT2D eigenvalue weighted by molar-refractivity contribution is 0.124. The average Bonchev–Trinajstić information content (AvgIpc) is 2.67. The zero-order chi connectivity index (χ0) is 18.9. The molecule has 0 unspecified atom stereocenters. The van der Waals surface area contributed by atoms with Gasteiger partial charge in [0.15, 0.2) is 0 Å². The smallest absolute Gasteiger partial charge is 0.214 e. The highest BCUT2D eigenvalue weighted by atomic mass is 16.5. The summed E-state index contributed by atoms with van der Waals surface area (Å²) in [4.78, 5) is 7.16. The third-order valence-electron chi connectivity index (χ3n) is 5.19. The molecule has 0 radical (unpaired) electrons. The third-order valence-corrected chi connectivity index (χ3v) is 5.19. The number of hydrogen-bond acceptors (Lipinski definition) is 3. The van der Waals surface area contributed by atoms with Crippen molar-refractivity contribution in [3.05, 3.63) is 66.2 Å². The van der Waals surface area contributed by atoms with Gasteiger partial charge in [0.25, 0.3) is 0 Å². The first kappa shape index (κ1) is 17.8. The Morgan fingerprint density at radius 1 is 0.926 bits per heavy atom. The number of aromatic nitrogens is 1. The molecule has 1 saturated heterocycles. The molecule has 0 atom stereocenters. The van der Waals surface area contributed by atoms with E-state index < -0.39 is 0 Å². The zero-order valence-corrected chi connectivity index (χ0v) is 16.5. The minimum Gasteiger partial charge on any atom is -0.472 e. The van der Waals surface area contributed by atoms with Crippen molar-refractivity contribution in [1.29, 1.82) is 0 Å². The quantitative estimate of drug-likeness (QED) is 0.590. The second-order valence-corrected chi connectivity index (χ2v) is 8.41. The molecular formula is C24H28N2O. The van der Waals surface area contributed by atoms with Gasteiger partial charge in [-0.2, -0.15) is 0 Å². The lowest BCUT2D eigenvalue weighted by atomic mass is 9.89. The molecule has 0 spiro atoms. The minimum absolute atomic E-state index is 0.232. The number of fused-ring (bicyclic) bond motifs is 1. The van der Waals surface area contributed by atoms with Crippen LogP contribution in [0.25, 0.3) is 10.9 Å². The molecule has 0 N–H and O–H groups in total. The van der Waals surface area contributed by atoms with Crippen molar-refractivity contribution in [3.8, 4) is 5.88 Å². The fraction of sp³-hybridized carbons (Fsp3) is 0.375. The Balaban J connectivity index is 1.47. The van der Waals surface area contributed by atoms with E-state index in [0.717, 1.165) is 18.6 Å². The van der Waals surface area contributed by atoms with Crippen LogP contribution in [0.2, 0.25) is 0 Å². The highest BCUT2D eigenvalue weighted by Crippen LogP contribution is 2.31. The van der Waals surface area contributed by atoms with Crippen molar-refractivity contribution in [2.45, 2.75) is 45.1 Å². The monoisotopic (exact) mass is 360 g/mol. The number of anilines is 1. The van der Waals surface area contributed by atoms with Crippen molar-refractivity contribution in [1.82, 2.24) is 4.98 Å². The molecule has 1 aliphatic rings. The van der Waals surface area contributed by atoms with E-state index in [9.17, 15) is 0 Å². The van der Waals surface area contributed by atoms with E-state index in [1.807, 2.05) is 26.8 Å². The predicted octanol–water partition coefficient (Wildman–Crippen LogP) is 5.80. The Hall–Kier alpha value is -2.55. The van der Waals surface area contributed by atoms with Gasteiger partial charge in [-0.15, -0.1) is 0 Å². The molecule has 1 aliphatic heterocycles. The fourth-order valence-corrected chi connectivity index (χ4v) is 3.86. The number of pyridine rings is 1. The van der Waals surface area contributed by atoms with Gasteiger partial charge in [-0.05, 0) is 69.4 Å². The summed E-state index contributed by atoms with van der Waals surface area (Å²) >= 11 is 0. The first-order chi connectivity index (χ1) is 13.0. The molecule has 3 nitrogen and oxygen atoms in total. The molecule has 27 heavy (non-hydrogen) atoms. The molecule has 2 heterocycles. The Kier molecular flexibility index (Phi) is 4.77. The van der Waals surface area contributed by atoms with Crippen LogP contribution in [0, 0.1) is 0 Å². The van der Waals surface area contributed by atoms with Gasteiger partial charge >= 0.3 is 0 Å². The number of benzene rings is 2. The van der Waals surface area contributed by atoms with Gasteiger partial charge in [-0.1, -0.05) is 30.3 Å². The van der Waals surface area contributed by atoms with Crippen LogP contribution in [-0.4, -0.2) is 23.7 Å². The molecule has 1 aromatic heterocycles. The maximum absolute atomic E-state index is 5.89. The van der Waals surface area contributed by atoms with Crippen LogP contribution in [-0.2, 0) is 0 Å². The second kappa shape index (κ2) is 7.22. The Labute approximate surface area is 162 Å². The molecule has 3 heteroatoms.